The first-order valence-electron chi connectivity index (χ1n) is 11.6. The normalized spacial score (nSPS) is 13.8. The van der Waals surface area contributed by atoms with E-state index in [0.717, 1.165) is 54.2 Å². The third-order valence-electron chi connectivity index (χ3n) is 6.25. The molecule has 176 valence electrons. The fraction of sp³-hybridized carbons (Fsp3) is 0.276. The number of nitrogens with zero attached hydrogens (tertiary/aromatic N) is 1. The van der Waals surface area contributed by atoms with Gasteiger partial charge in [0.2, 0.25) is 0 Å². The zero-order valence-corrected chi connectivity index (χ0v) is 20.1. The number of hydrogen-bond acceptors (Lipinski definition) is 4. The van der Waals surface area contributed by atoms with Gasteiger partial charge >= 0.3 is 0 Å². The molecule has 0 bridgehead atoms. The molecule has 0 atom stereocenters. The van der Waals surface area contributed by atoms with Crippen LogP contribution in [0.4, 0.5) is 0 Å². The number of nitrogens with one attached hydrogen (secondary N) is 1. The van der Waals surface area contributed by atoms with Crippen LogP contribution in [0.1, 0.15) is 39.0 Å². The number of benzene rings is 3. The number of aryl methyl sites for hydroxylation is 1. The number of methoxy groups -OCH3 is 2. The van der Waals surface area contributed by atoms with Crippen molar-refractivity contribution in [1.29, 1.82) is 0 Å². The number of rotatable bonds is 8. The van der Waals surface area contributed by atoms with Crippen molar-refractivity contribution in [2.24, 2.45) is 0 Å². The number of hydrogen-bond donors (Lipinski definition) is 1. The molecule has 1 N–H and O–H groups in total. The van der Waals surface area contributed by atoms with Gasteiger partial charge in [-0.25, -0.2) is 0 Å². The molecule has 1 amide bonds. The van der Waals surface area contributed by atoms with E-state index in [9.17, 15) is 4.79 Å². The number of ether oxygens (including phenoxy) is 2. The SMILES string of the molecule is COc1ccc(CN2CC=C(c3cccc(CNC(=O)c4ccc(C)cc4)c3)CC2)c(OC)c1. The van der Waals surface area contributed by atoms with Crippen molar-refractivity contribution in [3.8, 4) is 11.5 Å². The Bertz CT molecular complexity index is 1170. The lowest BCUT2D eigenvalue weighted by Crippen LogP contribution is -2.28. The average Bonchev–Trinajstić information content (AvgIpc) is 2.88. The van der Waals surface area contributed by atoms with E-state index in [2.05, 4.69) is 46.6 Å². The van der Waals surface area contributed by atoms with Crippen LogP contribution < -0.4 is 14.8 Å². The maximum atomic E-state index is 12.4. The van der Waals surface area contributed by atoms with E-state index in [1.54, 1.807) is 14.2 Å². The number of amides is 1. The van der Waals surface area contributed by atoms with Gasteiger partial charge in [-0.1, -0.05) is 48.0 Å². The maximum absolute atomic E-state index is 12.4. The van der Waals surface area contributed by atoms with E-state index in [1.807, 2.05) is 43.3 Å². The van der Waals surface area contributed by atoms with Crippen molar-refractivity contribution in [2.75, 3.05) is 27.3 Å². The molecule has 0 radical (unpaired) electrons. The minimum Gasteiger partial charge on any atom is -0.497 e. The van der Waals surface area contributed by atoms with Crippen molar-refractivity contribution < 1.29 is 14.3 Å². The number of carbonyl (C=O) groups is 1. The predicted octanol–water partition coefficient (Wildman–Crippen LogP) is 5.23. The molecule has 0 spiro atoms. The molecule has 1 heterocycles. The van der Waals surface area contributed by atoms with Gasteiger partial charge in [0.1, 0.15) is 11.5 Å². The minimum absolute atomic E-state index is 0.0492. The Morgan fingerprint density at radius 1 is 1.00 bits per heavy atom. The molecule has 0 fully saturated rings. The van der Waals surface area contributed by atoms with Crippen LogP contribution in [0.25, 0.3) is 5.57 Å². The van der Waals surface area contributed by atoms with Gasteiger partial charge in [-0.05, 0) is 54.3 Å². The van der Waals surface area contributed by atoms with E-state index in [0.29, 0.717) is 12.1 Å². The summed E-state index contributed by atoms with van der Waals surface area (Å²) in [5.74, 6) is 1.61. The molecule has 0 aromatic heterocycles. The zero-order valence-electron chi connectivity index (χ0n) is 20.1. The Balaban J connectivity index is 1.36. The predicted molar refractivity (Wildman–Crippen MR) is 136 cm³/mol. The smallest absolute Gasteiger partial charge is 0.251 e. The third-order valence-corrected chi connectivity index (χ3v) is 6.25. The molecular formula is C29H32N2O3. The second-order valence-corrected chi connectivity index (χ2v) is 8.64. The lowest BCUT2D eigenvalue weighted by atomic mass is 9.97. The van der Waals surface area contributed by atoms with Crippen LogP contribution in [0.5, 0.6) is 11.5 Å². The molecule has 1 aliphatic heterocycles. The van der Waals surface area contributed by atoms with Crippen molar-refractivity contribution in [3.63, 3.8) is 0 Å². The highest BCUT2D eigenvalue weighted by molar-refractivity contribution is 5.94. The quantitative estimate of drug-likeness (QED) is 0.504. The van der Waals surface area contributed by atoms with Crippen LogP contribution in [0.15, 0.2) is 72.8 Å². The molecule has 4 rings (SSSR count). The average molecular weight is 457 g/mol. The minimum atomic E-state index is -0.0492. The fourth-order valence-electron chi connectivity index (χ4n) is 4.21. The highest BCUT2D eigenvalue weighted by Crippen LogP contribution is 2.28. The molecule has 34 heavy (non-hydrogen) atoms. The molecule has 5 heteroatoms. The van der Waals surface area contributed by atoms with Gasteiger partial charge < -0.3 is 14.8 Å². The first-order valence-corrected chi connectivity index (χ1v) is 11.6. The van der Waals surface area contributed by atoms with Crippen LogP contribution in [-0.2, 0) is 13.1 Å². The van der Waals surface area contributed by atoms with E-state index < -0.39 is 0 Å². The van der Waals surface area contributed by atoms with Gasteiger partial charge in [-0.3, -0.25) is 9.69 Å². The van der Waals surface area contributed by atoms with Crippen LogP contribution >= 0.6 is 0 Å². The van der Waals surface area contributed by atoms with Crippen LogP contribution in [0.2, 0.25) is 0 Å². The van der Waals surface area contributed by atoms with Crippen LogP contribution in [-0.4, -0.2) is 38.1 Å². The van der Waals surface area contributed by atoms with Crippen molar-refractivity contribution in [3.05, 3.63) is 101 Å². The second-order valence-electron chi connectivity index (χ2n) is 8.64. The van der Waals surface area contributed by atoms with Gasteiger partial charge in [-0.2, -0.15) is 0 Å². The highest BCUT2D eigenvalue weighted by atomic mass is 16.5. The van der Waals surface area contributed by atoms with Crippen LogP contribution in [0.3, 0.4) is 0 Å². The summed E-state index contributed by atoms with van der Waals surface area (Å²) in [4.78, 5) is 14.9. The van der Waals surface area contributed by atoms with Gasteiger partial charge in [0.15, 0.2) is 0 Å². The molecule has 0 saturated heterocycles. The molecule has 3 aromatic carbocycles. The van der Waals surface area contributed by atoms with Gasteiger partial charge in [0.05, 0.1) is 14.2 Å². The maximum Gasteiger partial charge on any atom is 0.251 e. The van der Waals surface area contributed by atoms with Gasteiger partial charge in [-0.15, -0.1) is 0 Å². The summed E-state index contributed by atoms with van der Waals surface area (Å²) in [5.41, 5.74) is 6.67. The molecule has 0 unspecified atom stereocenters. The fourth-order valence-corrected chi connectivity index (χ4v) is 4.21. The molecule has 3 aromatic rings. The Labute approximate surface area is 202 Å². The molecular weight excluding hydrogens is 424 g/mol. The van der Waals surface area contributed by atoms with E-state index in [-0.39, 0.29) is 5.91 Å². The lowest BCUT2D eigenvalue weighted by Gasteiger charge is -2.27. The van der Waals surface area contributed by atoms with E-state index in [4.69, 9.17) is 9.47 Å². The summed E-state index contributed by atoms with van der Waals surface area (Å²) in [6.45, 7) is 5.23. The van der Waals surface area contributed by atoms with Gasteiger partial charge in [0, 0.05) is 43.4 Å². The Morgan fingerprint density at radius 2 is 1.82 bits per heavy atom. The zero-order chi connectivity index (χ0) is 23.9. The van der Waals surface area contributed by atoms with E-state index in [1.165, 1.54) is 11.1 Å². The second kappa shape index (κ2) is 11.0. The molecule has 1 aliphatic rings. The monoisotopic (exact) mass is 456 g/mol. The molecule has 0 saturated carbocycles. The van der Waals surface area contributed by atoms with E-state index >= 15 is 0 Å². The van der Waals surface area contributed by atoms with Crippen molar-refractivity contribution >= 4 is 11.5 Å². The van der Waals surface area contributed by atoms with Crippen molar-refractivity contribution in [2.45, 2.75) is 26.4 Å². The van der Waals surface area contributed by atoms with Crippen LogP contribution in [0, 0.1) is 6.92 Å². The topological polar surface area (TPSA) is 50.8 Å². The lowest BCUT2D eigenvalue weighted by molar-refractivity contribution is 0.0951. The summed E-state index contributed by atoms with van der Waals surface area (Å²) in [6, 6.07) is 22.1. The Morgan fingerprint density at radius 3 is 2.53 bits per heavy atom. The Hall–Kier alpha value is -3.57. The summed E-state index contributed by atoms with van der Waals surface area (Å²) in [6.07, 6.45) is 3.29. The Kier molecular flexibility index (Phi) is 7.65. The summed E-state index contributed by atoms with van der Waals surface area (Å²) < 4.78 is 10.9. The third kappa shape index (κ3) is 5.86. The molecule has 0 aliphatic carbocycles. The largest absolute Gasteiger partial charge is 0.497 e. The van der Waals surface area contributed by atoms with Crippen molar-refractivity contribution in [1.82, 2.24) is 10.2 Å². The summed E-state index contributed by atoms with van der Waals surface area (Å²) in [7, 11) is 3.36. The molecule has 5 nitrogen and oxygen atoms in total. The summed E-state index contributed by atoms with van der Waals surface area (Å²) in [5, 5.41) is 3.03. The number of carbonyl (C=O) groups excluding carboxylic acids is 1. The first-order chi connectivity index (χ1) is 16.6. The summed E-state index contributed by atoms with van der Waals surface area (Å²) >= 11 is 0. The first kappa shape index (κ1) is 23.6. The standard InChI is InChI=1S/C29H32N2O3/c1-21-7-9-24(10-8-21)29(32)30-19-22-5-4-6-25(17-22)23-13-15-31(16-14-23)20-26-11-12-27(33-2)18-28(26)34-3/h4-13,17-18H,14-16,19-20H2,1-3H3,(H,30,32). The van der Waals surface area contributed by atoms with Gasteiger partial charge in [0.25, 0.3) is 5.91 Å². The highest BCUT2D eigenvalue weighted by Gasteiger charge is 2.16.